The van der Waals surface area contributed by atoms with E-state index in [0.717, 1.165) is 16.2 Å². The van der Waals surface area contributed by atoms with Crippen molar-refractivity contribution in [3.05, 3.63) is 77.4 Å². The van der Waals surface area contributed by atoms with E-state index in [2.05, 4.69) is 9.97 Å². The summed E-state index contributed by atoms with van der Waals surface area (Å²) < 4.78 is 47.5. The first-order valence-electron chi connectivity index (χ1n) is 9.84. The van der Waals surface area contributed by atoms with Crippen molar-refractivity contribution in [1.29, 1.82) is 0 Å². The summed E-state index contributed by atoms with van der Waals surface area (Å²) in [4.78, 5) is 23.1. The number of furan rings is 1. The fourth-order valence-electron chi connectivity index (χ4n) is 4.00. The molecular formula is C22H16ClF3N4O2. The van der Waals surface area contributed by atoms with Gasteiger partial charge in [0.25, 0.3) is 5.91 Å². The Bertz CT molecular complexity index is 1290. The number of pyridine rings is 2. The molecule has 5 heterocycles. The molecule has 32 heavy (non-hydrogen) atoms. The number of alkyl halides is 3. The molecule has 1 amide bonds. The van der Waals surface area contributed by atoms with Gasteiger partial charge in [0.15, 0.2) is 11.3 Å². The largest absolute Gasteiger partial charge is 0.472 e. The van der Waals surface area contributed by atoms with Gasteiger partial charge in [0.2, 0.25) is 0 Å². The lowest BCUT2D eigenvalue weighted by atomic mass is 10.0. The number of hydrogen-bond acceptors (Lipinski definition) is 4. The van der Waals surface area contributed by atoms with E-state index < -0.39 is 23.3 Å². The highest BCUT2D eigenvalue weighted by atomic mass is 35.5. The van der Waals surface area contributed by atoms with Crippen LogP contribution in [0.4, 0.5) is 13.2 Å². The van der Waals surface area contributed by atoms with E-state index in [-0.39, 0.29) is 22.3 Å². The van der Waals surface area contributed by atoms with Gasteiger partial charge in [-0.3, -0.25) is 14.2 Å². The van der Waals surface area contributed by atoms with Crippen molar-refractivity contribution in [2.24, 2.45) is 0 Å². The summed E-state index contributed by atoms with van der Waals surface area (Å²) in [7, 11) is 0. The number of amides is 1. The van der Waals surface area contributed by atoms with Crippen LogP contribution in [0.1, 0.15) is 34.1 Å². The molecule has 1 aliphatic heterocycles. The summed E-state index contributed by atoms with van der Waals surface area (Å²) in [6.07, 6.45) is 1.82. The molecule has 0 aliphatic carbocycles. The Kier molecular flexibility index (Phi) is 4.93. The quantitative estimate of drug-likeness (QED) is 0.416. The van der Waals surface area contributed by atoms with E-state index >= 15 is 0 Å². The molecule has 5 rings (SSSR count). The molecule has 1 atom stereocenters. The third kappa shape index (κ3) is 3.52. The Hall–Kier alpha value is -3.33. The highest BCUT2D eigenvalue weighted by Crippen LogP contribution is 2.37. The van der Waals surface area contributed by atoms with E-state index in [1.807, 2.05) is 18.2 Å². The first-order chi connectivity index (χ1) is 15.3. The van der Waals surface area contributed by atoms with Gasteiger partial charge in [-0.2, -0.15) is 13.2 Å². The maximum Gasteiger partial charge on any atom is 0.420 e. The maximum atomic E-state index is 13.8. The van der Waals surface area contributed by atoms with Crippen LogP contribution >= 0.6 is 11.6 Å². The van der Waals surface area contributed by atoms with Crippen molar-refractivity contribution in [3.63, 3.8) is 0 Å². The average Bonchev–Trinajstić information content (AvgIpc) is 3.53. The lowest BCUT2D eigenvalue weighted by molar-refractivity contribution is -0.136. The summed E-state index contributed by atoms with van der Waals surface area (Å²) >= 11 is 6.39. The number of halogens is 4. The van der Waals surface area contributed by atoms with Gasteiger partial charge in [-0.15, -0.1) is 0 Å². The molecule has 1 unspecified atom stereocenters. The number of carbonyl (C=O) groups excluding carboxylic acids is 1. The number of aromatic nitrogens is 3. The number of fused-ring (bicyclic) bond motifs is 1. The second-order valence-corrected chi connectivity index (χ2v) is 7.95. The molecule has 10 heteroatoms. The number of carbonyl (C=O) groups is 1. The molecule has 0 aromatic carbocycles. The van der Waals surface area contributed by atoms with Crippen molar-refractivity contribution in [2.75, 3.05) is 13.1 Å². The van der Waals surface area contributed by atoms with Crippen molar-refractivity contribution < 1.29 is 22.4 Å². The lowest BCUT2D eigenvalue weighted by Crippen LogP contribution is -2.29. The van der Waals surface area contributed by atoms with Crippen LogP contribution in [-0.2, 0) is 6.18 Å². The molecule has 0 radical (unpaired) electrons. The van der Waals surface area contributed by atoms with Gasteiger partial charge in [-0.25, -0.2) is 4.98 Å². The molecular weight excluding hydrogens is 445 g/mol. The predicted molar refractivity (Wildman–Crippen MR) is 110 cm³/mol. The molecule has 4 aromatic heterocycles. The van der Waals surface area contributed by atoms with E-state index in [1.54, 1.807) is 17.2 Å². The Morgan fingerprint density at radius 3 is 2.75 bits per heavy atom. The van der Waals surface area contributed by atoms with Gasteiger partial charge in [0.1, 0.15) is 5.15 Å². The van der Waals surface area contributed by atoms with Gasteiger partial charge >= 0.3 is 6.18 Å². The third-order valence-electron chi connectivity index (χ3n) is 5.61. The van der Waals surface area contributed by atoms with E-state index in [9.17, 15) is 18.0 Å². The van der Waals surface area contributed by atoms with Crippen molar-refractivity contribution in [3.8, 4) is 11.1 Å². The summed E-state index contributed by atoms with van der Waals surface area (Å²) in [5.74, 6) is -0.454. The van der Waals surface area contributed by atoms with Crippen LogP contribution in [0.25, 0.3) is 16.8 Å². The van der Waals surface area contributed by atoms with Gasteiger partial charge in [-0.05, 0) is 30.7 Å². The predicted octanol–water partition coefficient (Wildman–Crippen LogP) is 5.29. The molecule has 6 nitrogen and oxygen atoms in total. The van der Waals surface area contributed by atoms with Crippen LogP contribution in [0.3, 0.4) is 0 Å². The van der Waals surface area contributed by atoms with Gasteiger partial charge < -0.3 is 9.32 Å². The van der Waals surface area contributed by atoms with Gasteiger partial charge in [0.05, 0.1) is 18.1 Å². The maximum absolute atomic E-state index is 13.8. The lowest BCUT2D eigenvalue weighted by Gasteiger charge is -2.15. The zero-order valence-corrected chi connectivity index (χ0v) is 17.3. The first kappa shape index (κ1) is 20.6. The second-order valence-electron chi connectivity index (χ2n) is 7.59. The highest BCUT2D eigenvalue weighted by Gasteiger charge is 2.37. The molecule has 0 N–H and O–H groups in total. The van der Waals surface area contributed by atoms with Crippen molar-refractivity contribution in [1.82, 2.24) is 19.3 Å². The molecule has 4 aromatic rings. The first-order valence-corrected chi connectivity index (χ1v) is 10.2. The minimum absolute atomic E-state index is 0.0504. The van der Waals surface area contributed by atoms with Crippen molar-refractivity contribution >= 4 is 23.2 Å². The van der Waals surface area contributed by atoms with Crippen LogP contribution < -0.4 is 0 Å². The number of nitrogens with zero attached hydrogens (tertiary/aromatic N) is 4. The molecule has 1 aliphatic rings. The topological polar surface area (TPSA) is 63.6 Å². The summed E-state index contributed by atoms with van der Waals surface area (Å²) in [6.45, 7) is 0.836. The monoisotopic (exact) mass is 460 g/mol. The SMILES string of the molecule is O=C(c1nc2c(C(F)(F)F)cc(-c3ccoc3)cn2c1Cl)N1CCC(c2ccccn2)C1. The zero-order chi connectivity index (χ0) is 22.5. The van der Waals surface area contributed by atoms with Gasteiger partial charge in [0, 0.05) is 48.2 Å². The smallest absolute Gasteiger partial charge is 0.420 e. The minimum atomic E-state index is -4.69. The number of likely N-dealkylation sites (tertiary alicyclic amines) is 1. The Labute approximate surface area is 185 Å². The Morgan fingerprint density at radius 2 is 2.06 bits per heavy atom. The van der Waals surface area contributed by atoms with E-state index in [4.69, 9.17) is 16.0 Å². The Morgan fingerprint density at radius 1 is 1.22 bits per heavy atom. The van der Waals surface area contributed by atoms with E-state index in [1.165, 1.54) is 18.7 Å². The number of rotatable bonds is 3. The normalized spacial score (nSPS) is 16.8. The summed E-state index contributed by atoms with van der Waals surface area (Å²) in [5, 5.41) is -0.165. The number of imidazole rings is 1. The minimum Gasteiger partial charge on any atom is -0.472 e. The summed E-state index contributed by atoms with van der Waals surface area (Å²) in [5.41, 5.74) is -0.0410. The van der Waals surface area contributed by atoms with Crippen LogP contribution in [0.5, 0.6) is 0 Å². The van der Waals surface area contributed by atoms with Crippen LogP contribution in [0, 0.1) is 0 Å². The molecule has 1 saturated heterocycles. The van der Waals surface area contributed by atoms with Crippen molar-refractivity contribution in [2.45, 2.75) is 18.5 Å². The Balaban J connectivity index is 1.54. The van der Waals surface area contributed by atoms with Crippen LogP contribution in [0.15, 0.2) is 59.7 Å². The van der Waals surface area contributed by atoms with Crippen LogP contribution in [-0.4, -0.2) is 38.3 Å². The molecule has 0 spiro atoms. The second kappa shape index (κ2) is 7.67. The number of hydrogen-bond donors (Lipinski definition) is 0. The van der Waals surface area contributed by atoms with Crippen LogP contribution in [0.2, 0.25) is 5.15 Å². The average molecular weight is 461 g/mol. The highest BCUT2D eigenvalue weighted by molar-refractivity contribution is 6.33. The molecule has 0 saturated carbocycles. The molecule has 1 fully saturated rings. The van der Waals surface area contributed by atoms with E-state index in [0.29, 0.717) is 25.1 Å². The fourth-order valence-corrected chi connectivity index (χ4v) is 4.25. The molecule has 0 bridgehead atoms. The fraction of sp³-hybridized carbons (Fsp3) is 0.227. The third-order valence-corrected chi connectivity index (χ3v) is 5.97. The zero-order valence-electron chi connectivity index (χ0n) is 16.5. The molecule has 164 valence electrons. The standard InChI is InChI=1S/C22H16ClF3N4O2/c23-19-18(21(31)29-7-4-13(10-29)17-3-1-2-6-27-17)28-20-16(22(24,25)26)9-15(11-30(19)20)14-5-8-32-12-14/h1-3,5-6,8-9,11-13H,4,7,10H2. The van der Waals surface area contributed by atoms with Gasteiger partial charge in [-0.1, -0.05) is 17.7 Å². The summed E-state index contributed by atoms with van der Waals surface area (Å²) in [6, 6.07) is 8.10.